The van der Waals surface area contributed by atoms with Crippen LogP contribution in [-0.4, -0.2) is 41.3 Å². The molecule has 2 saturated heterocycles. The summed E-state index contributed by atoms with van der Waals surface area (Å²) in [5.74, 6) is 0.545. The van der Waals surface area contributed by atoms with E-state index in [-0.39, 0.29) is 22.6 Å². The van der Waals surface area contributed by atoms with Gasteiger partial charge in [-0.25, -0.2) is 0 Å². The molecule has 5 nitrogen and oxygen atoms in total. The molecule has 2 unspecified atom stereocenters. The van der Waals surface area contributed by atoms with Gasteiger partial charge in [0.05, 0.1) is 10.9 Å². The predicted molar refractivity (Wildman–Crippen MR) is 86.9 cm³/mol. The second-order valence-corrected chi connectivity index (χ2v) is 7.05. The zero-order chi connectivity index (χ0) is 16.0. The Morgan fingerprint density at radius 3 is 2.83 bits per heavy atom. The molecule has 2 N–H and O–H groups in total. The number of hydrogen-bond donors (Lipinski definition) is 2. The van der Waals surface area contributed by atoms with Crippen molar-refractivity contribution in [1.29, 1.82) is 0 Å². The Balaban J connectivity index is 1.83. The first-order valence-corrected chi connectivity index (χ1v) is 8.75. The number of phenols is 1. The number of amides is 1. The first-order chi connectivity index (χ1) is 11.1. The summed E-state index contributed by atoms with van der Waals surface area (Å²) in [5.41, 5.74) is -0.0920. The Kier molecular flexibility index (Phi) is 3.65. The van der Waals surface area contributed by atoms with E-state index in [0.29, 0.717) is 12.3 Å². The van der Waals surface area contributed by atoms with E-state index in [9.17, 15) is 9.90 Å². The number of carbonyl (C=O) groups is 1. The van der Waals surface area contributed by atoms with Crippen molar-refractivity contribution in [3.8, 4) is 11.5 Å². The lowest BCUT2D eigenvalue weighted by molar-refractivity contribution is -0.159. The molecule has 23 heavy (non-hydrogen) atoms. The minimum Gasteiger partial charge on any atom is -0.506 e. The van der Waals surface area contributed by atoms with E-state index in [1.54, 1.807) is 12.1 Å². The Morgan fingerprint density at radius 2 is 2.04 bits per heavy atom. The molecular weight excluding hydrogens is 316 g/mol. The van der Waals surface area contributed by atoms with Gasteiger partial charge in [-0.3, -0.25) is 9.69 Å². The summed E-state index contributed by atoms with van der Waals surface area (Å²) >= 11 is 6.05. The number of nitrogens with zero attached hydrogens (tertiary/aromatic N) is 1. The fourth-order valence-electron chi connectivity index (χ4n) is 4.22. The summed E-state index contributed by atoms with van der Waals surface area (Å²) in [7, 11) is 0. The zero-order valence-electron chi connectivity index (χ0n) is 13.0. The number of hydrogen-bond acceptors (Lipinski definition) is 4. The molecule has 0 aromatic heterocycles. The smallest absolute Gasteiger partial charge is 0.280 e. The molecule has 0 saturated carbocycles. The summed E-state index contributed by atoms with van der Waals surface area (Å²) in [4.78, 5) is 15.2. The average Bonchev–Trinajstić information content (AvgIpc) is 2.77. The molecule has 3 heterocycles. The Bertz CT molecular complexity index is 645. The number of carbonyl (C=O) groups excluding carboxylic acids is 1. The topological polar surface area (TPSA) is 61.8 Å². The average molecular weight is 337 g/mol. The molecule has 0 aliphatic carbocycles. The molecular formula is C17H21ClN2O3. The van der Waals surface area contributed by atoms with Crippen LogP contribution in [0.3, 0.4) is 0 Å². The van der Waals surface area contributed by atoms with Gasteiger partial charge in [0.15, 0.2) is 0 Å². The largest absolute Gasteiger partial charge is 0.506 e. The van der Waals surface area contributed by atoms with E-state index in [1.165, 1.54) is 6.42 Å². The van der Waals surface area contributed by atoms with Crippen molar-refractivity contribution in [1.82, 2.24) is 10.2 Å². The Labute approximate surface area is 140 Å². The highest BCUT2D eigenvalue weighted by Crippen LogP contribution is 2.52. The molecule has 3 aliphatic heterocycles. The molecule has 1 aromatic rings. The highest BCUT2D eigenvalue weighted by Gasteiger charge is 2.58. The number of benzene rings is 1. The molecule has 0 spiro atoms. The lowest BCUT2D eigenvalue weighted by Gasteiger charge is -2.43. The van der Waals surface area contributed by atoms with E-state index in [4.69, 9.17) is 16.3 Å². The molecule has 0 bridgehead atoms. The summed E-state index contributed by atoms with van der Waals surface area (Å²) in [6.45, 7) is 2.39. The molecule has 4 rings (SSSR count). The van der Waals surface area contributed by atoms with Crippen LogP contribution in [0.5, 0.6) is 11.5 Å². The number of nitrogens with one attached hydrogen (secondary N) is 1. The van der Waals surface area contributed by atoms with Gasteiger partial charge in [-0.1, -0.05) is 18.0 Å². The van der Waals surface area contributed by atoms with Crippen molar-refractivity contribution in [2.24, 2.45) is 0 Å². The predicted octanol–water partition coefficient (Wildman–Crippen LogP) is 2.61. The SMILES string of the molecule is O=C1NCCCC2c3cc(O)c(Cl)cc3OC12N1CCCCC1. The third-order valence-corrected chi connectivity index (χ3v) is 5.60. The van der Waals surface area contributed by atoms with Crippen LogP contribution >= 0.6 is 11.6 Å². The summed E-state index contributed by atoms with van der Waals surface area (Å²) in [6, 6.07) is 3.31. The van der Waals surface area contributed by atoms with Gasteiger partial charge in [-0.15, -0.1) is 0 Å². The third kappa shape index (κ3) is 2.21. The minimum atomic E-state index is -0.990. The first-order valence-electron chi connectivity index (χ1n) is 8.37. The second kappa shape index (κ2) is 5.56. The van der Waals surface area contributed by atoms with Crippen LogP contribution in [0.2, 0.25) is 5.02 Å². The summed E-state index contributed by atoms with van der Waals surface area (Å²) in [6.07, 6.45) is 5.10. The monoisotopic (exact) mass is 336 g/mol. The molecule has 1 amide bonds. The van der Waals surface area contributed by atoms with Gasteiger partial charge < -0.3 is 15.2 Å². The van der Waals surface area contributed by atoms with Crippen LogP contribution in [0.1, 0.15) is 43.6 Å². The normalized spacial score (nSPS) is 30.8. The number of phenolic OH excluding ortho intramolecular Hbond substituents is 1. The van der Waals surface area contributed by atoms with E-state index in [0.717, 1.165) is 44.3 Å². The van der Waals surface area contributed by atoms with Crippen LogP contribution in [-0.2, 0) is 4.79 Å². The maximum absolute atomic E-state index is 13.0. The maximum Gasteiger partial charge on any atom is 0.280 e. The molecule has 6 heteroatoms. The van der Waals surface area contributed by atoms with E-state index < -0.39 is 5.72 Å². The lowest BCUT2D eigenvalue weighted by atomic mass is 9.84. The third-order valence-electron chi connectivity index (χ3n) is 5.30. The number of halogens is 1. The zero-order valence-corrected chi connectivity index (χ0v) is 13.7. The van der Waals surface area contributed by atoms with Crippen LogP contribution in [0.25, 0.3) is 0 Å². The quantitative estimate of drug-likeness (QED) is 0.827. The number of fused-ring (bicyclic) bond motifs is 3. The van der Waals surface area contributed by atoms with Crippen LogP contribution < -0.4 is 10.1 Å². The van der Waals surface area contributed by atoms with Gasteiger partial charge in [0.25, 0.3) is 5.91 Å². The highest BCUT2D eigenvalue weighted by molar-refractivity contribution is 6.32. The van der Waals surface area contributed by atoms with Crippen molar-refractivity contribution in [2.75, 3.05) is 19.6 Å². The second-order valence-electron chi connectivity index (χ2n) is 6.64. The highest BCUT2D eigenvalue weighted by atomic mass is 35.5. The standard InChI is InChI=1S/C17H21ClN2O3/c18-13-10-15-11(9-14(13)21)12-5-4-6-19-16(22)17(12,23-15)20-7-2-1-3-8-20/h9-10,12,21H,1-8H2,(H,19,22). The molecule has 3 aliphatic rings. The molecule has 2 atom stereocenters. The molecule has 1 aromatic carbocycles. The van der Waals surface area contributed by atoms with Gasteiger partial charge in [0.1, 0.15) is 11.5 Å². The summed E-state index contributed by atoms with van der Waals surface area (Å²) in [5, 5.41) is 13.3. The number of rotatable bonds is 1. The molecule has 2 fully saturated rings. The minimum absolute atomic E-state index is 0.0492. The number of likely N-dealkylation sites (tertiary alicyclic amines) is 1. The fourth-order valence-corrected chi connectivity index (χ4v) is 4.37. The maximum atomic E-state index is 13.0. The fraction of sp³-hybridized carbons (Fsp3) is 0.588. The van der Waals surface area contributed by atoms with E-state index in [1.807, 2.05) is 0 Å². The molecule has 124 valence electrons. The van der Waals surface area contributed by atoms with Crippen molar-refractivity contribution in [3.05, 3.63) is 22.7 Å². The van der Waals surface area contributed by atoms with Crippen LogP contribution in [0.15, 0.2) is 12.1 Å². The van der Waals surface area contributed by atoms with Crippen LogP contribution in [0, 0.1) is 0 Å². The number of piperidine rings is 1. The Morgan fingerprint density at radius 1 is 1.26 bits per heavy atom. The van der Waals surface area contributed by atoms with Gasteiger partial charge >= 0.3 is 0 Å². The molecule has 0 radical (unpaired) electrons. The van der Waals surface area contributed by atoms with Gasteiger partial charge in [0, 0.05) is 31.3 Å². The van der Waals surface area contributed by atoms with Crippen molar-refractivity contribution in [2.45, 2.75) is 43.7 Å². The lowest BCUT2D eigenvalue weighted by Crippen LogP contribution is -2.64. The van der Waals surface area contributed by atoms with Crippen molar-refractivity contribution in [3.63, 3.8) is 0 Å². The Hall–Kier alpha value is -1.46. The number of aromatic hydroxyl groups is 1. The summed E-state index contributed by atoms with van der Waals surface area (Å²) < 4.78 is 6.28. The van der Waals surface area contributed by atoms with Crippen LogP contribution in [0.4, 0.5) is 0 Å². The van der Waals surface area contributed by atoms with Gasteiger partial charge in [-0.2, -0.15) is 0 Å². The van der Waals surface area contributed by atoms with Crippen molar-refractivity contribution < 1.29 is 14.6 Å². The van der Waals surface area contributed by atoms with Crippen molar-refractivity contribution >= 4 is 17.5 Å². The van der Waals surface area contributed by atoms with E-state index in [2.05, 4.69) is 10.2 Å². The first kappa shape index (κ1) is 15.1. The van der Waals surface area contributed by atoms with Gasteiger partial charge in [0.2, 0.25) is 5.72 Å². The van der Waals surface area contributed by atoms with E-state index >= 15 is 0 Å². The van der Waals surface area contributed by atoms with Gasteiger partial charge in [-0.05, 0) is 31.7 Å². The number of ether oxygens (including phenoxy) is 1.